The van der Waals surface area contributed by atoms with E-state index in [4.69, 9.17) is 10.5 Å². The Kier molecular flexibility index (Phi) is 7.93. The van der Waals surface area contributed by atoms with Crippen LogP contribution in [0.15, 0.2) is 0 Å². The second kappa shape index (κ2) is 8.08. The molecule has 3 nitrogen and oxygen atoms in total. The third-order valence-corrected chi connectivity index (χ3v) is 2.15. The van der Waals surface area contributed by atoms with Crippen molar-refractivity contribution in [2.24, 2.45) is 5.73 Å². The normalized spacial score (nSPS) is 13.9. The van der Waals surface area contributed by atoms with Crippen molar-refractivity contribution in [2.45, 2.75) is 25.3 Å². The van der Waals surface area contributed by atoms with Crippen LogP contribution in [-0.2, 0) is 4.74 Å². The number of halogens is 2. The lowest BCUT2D eigenvalue weighted by Crippen LogP contribution is -2.38. The van der Waals surface area contributed by atoms with Crippen LogP contribution >= 0.6 is 0 Å². The number of likely N-dealkylation sites (N-methyl/N-ethyl adjacent to an activating group) is 1. The fraction of sp³-hybridized carbons (Fsp3) is 1.00. The molecule has 0 aliphatic heterocycles. The highest BCUT2D eigenvalue weighted by atomic mass is 19.3. The van der Waals surface area contributed by atoms with E-state index in [1.807, 2.05) is 0 Å². The van der Waals surface area contributed by atoms with Crippen molar-refractivity contribution in [2.75, 3.05) is 33.9 Å². The van der Waals surface area contributed by atoms with Gasteiger partial charge in [-0.1, -0.05) is 0 Å². The molecule has 0 spiro atoms. The Morgan fingerprint density at radius 1 is 1.43 bits per heavy atom. The van der Waals surface area contributed by atoms with Crippen molar-refractivity contribution in [1.82, 2.24) is 4.90 Å². The number of ether oxygens (including phenoxy) is 1. The van der Waals surface area contributed by atoms with Crippen molar-refractivity contribution >= 4 is 0 Å². The summed E-state index contributed by atoms with van der Waals surface area (Å²) in [6.45, 7) is 0.852. The fourth-order valence-electron chi connectivity index (χ4n) is 1.34. The zero-order chi connectivity index (χ0) is 11.0. The van der Waals surface area contributed by atoms with Crippen LogP contribution < -0.4 is 5.73 Å². The summed E-state index contributed by atoms with van der Waals surface area (Å²) in [6.07, 6.45) is -0.660. The van der Waals surface area contributed by atoms with Gasteiger partial charge in [-0.05, 0) is 26.4 Å². The van der Waals surface area contributed by atoms with E-state index in [1.54, 1.807) is 19.1 Å². The lowest BCUT2D eigenvalue weighted by atomic mass is 10.1. The largest absolute Gasteiger partial charge is 0.383 e. The van der Waals surface area contributed by atoms with Gasteiger partial charge in [0.1, 0.15) is 0 Å². The number of alkyl halides is 2. The molecule has 0 heterocycles. The first-order valence-corrected chi connectivity index (χ1v) is 4.79. The monoisotopic (exact) mass is 210 g/mol. The average molecular weight is 210 g/mol. The summed E-state index contributed by atoms with van der Waals surface area (Å²) in [4.78, 5) is 1.63. The summed E-state index contributed by atoms with van der Waals surface area (Å²) in [5.74, 6) is 0. The predicted molar refractivity (Wildman–Crippen MR) is 52.6 cm³/mol. The van der Waals surface area contributed by atoms with Crippen LogP contribution in [-0.4, -0.2) is 51.2 Å². The molecule has 0 aliphatic rings. The van der Waals surface area contributed by atoms with E-state index in [1.165, 1.54) is 0 Å². The standard InChI is InChI=1S/C9H20F2N2O/c1-13(6-9(10)11)8(7-14-2)4-3-5-12/h8-9H,3-7,12H2,1-2H3. The Hall–Kier alpha value is -0.260. The van der Waals surface area contributed by atoms with Gasteiger partial charge >= 0.3 is 0 Å². The summed E-state index contributed by atoms with van der Waals surface area (Å²) in [7, 11) is 3.26. The Bertz CT molecular complexity index is 136. The molecule has 1 atom stereocenters. The SMILES string of the molecule is COCC(CCCN)N(C)CC(F)F. The molecule has 0 radical (unpaired) electrons. The minimum atomic E-state index is -2.29. The molecule has 0 aromatic rings. The van der Waals surface area contributed by atoms with Gasteiger partial charge < -0.3 is 10.5 Å². The van der Waals surface area contributed by atoms with Gasteiger partial charge in [0.2, 0.25) is 0 Å². The van der Waals surface area contributed by atoms with Crippen LogP contribution in [0.25, 0.3) is 0 Å². The first kappa shape index (κ1) is 13.7. The highest BCUT2D eigenvalue weighted by Gasteiger charge is 2.17. The van der Waals surface area contributed by atoms with Gasteiger partial charge in [-0.25, -0.2) is 8.78 Å². The van der Waals surface area contributed by atoms with Crippen molar-refractivity contribution in [3.63, 3.8) is 0 Å². The minimum absolute atomic E-state index is 0.0394. The van der Waals surface area contributed by atoms with Crippen LogP contribution in [0, 0.1) is 0 Å². The van der Waals surface area contributed by atoms with Gasteiger partial charge in [0.05, 0.1) is 13.2 Å². The fourth-order valence-corrected chi connectivity index (χ4v) is 1.34. The zero-order valence-electron chi connectivity index (χ0n) is 8.88. The molecular formula is C9H20F2N2O. The molecule has 5 heteroatoms. The van der Waals surface area contributed by atoms with Crippen molar-refractivity contribution in [3.8, 4) is 0 Å². The molecule has 14 heavy (non-hydrogen) atoms. The number of nitrogens with two attached hydrogens (primary N) is 1. The number of hydrogen-bond acceptors (Lipinski definition) is 3. The molecule has 1 unspecified atom stereocenters. The molecule has 0 aromatic carbocycles. The smallest absolute Gasteiger partial charge is 0.251 e. The summed E-state index contributed by atoms with van der Waals surface area (Å²) >= 11 is 0. The Labute approximate surface area is 84.2 Å². The summed E-state index contributed by atoms with van der Waals surface area (Å²) in [6, 6.07) is 0.0394. The molecular weight excluding hydrogens is 190 g/mol. The number of hydrogen-bond donors (Lipinski definition) is 1. The van der Waals surface area contributed by atoms with E-state index >= 15 is 0 Å². The molecule has 86 valence electrons. The molecule has 0 amide bonds. The van der Waals surface area contributed by atoms with Gasteiger partial charge in [0, 0.05) is 13.2 Å². The molecule has 0 saturated carbocycles. The van der Waals surface area contributed by atoms with E-state index in [0.717, 1.165) is 12.8 Å². The molecule has 0 aliphatic carbocycles. The van der Waals surface area contributed by atoms with Crippen LogP contribution in [0.4, 0.5) is 8.78 Å². The first-order chi connectivity index (χ1) is 6.61. The van der Waals surface area contributed by atoms with Gasteiger partial charge in [-0.15, -0.1) is 0 Å². The van der Waals surface area contributed by atoms with Crippen molar-refractivity contribution < 1.29 is 13.5 Å². The topological polar surface area (TPSA) is 38.5 Å². The molecule has 0 rings (SSSR count). The Morgan fingerprint density at radius 3 is 2.50 bits per heavy atom. The van der Waals surface area contributed by atoms with Gasteiger partial charge in [0.15, 0.2) is 0 Å². The van der Waals surface area contributed by atoms with Crippen LogP contribution in [0.1, 0.15) is 12.8 Å². The Morgan fingerprint density at radius 2 is 2.07 bits per heavy atom. The molecule has 0 bridgehead atoms. The number of rotatable bonds is 8. The zero-order valence-corrected chi connectivity index (χ0v) is 8.88. The highest BCUT2D eigenvalue weighted by molar-refractivity contribution is 4.69. The predicted octanol–water partition coefficient (Wildman–Crippen LogP) is 0.937. The third kappa shape index (κ3) is 6.23. The number of nitrogens with zero attached hydrogens (tertiary/aromatic N) is 1. The summed E-state index contributed by atoms with van der Waals surface area (Å²) < 4.78 is 29.2. The molecule has 0 fully saturated rings. The lowest BCUT2D eigenvalue weighted by Gasteiger charge is -2.27. The second-order valence-electron chi connectivity index (χ2n) is 3.37. The van der Waals surface area contributed by atoms with E-state index in [0.29, 0.717) is 13.2 Å². The third-order valence-electron chi connectivity index (χ3n) is 2.15. The summed E-state index contributed by atoms with van der Waals surface area (Å²) in [5, 5.41) is 0. The lowest BCUT2D eigenvalue weighted by molar-refractivity contribution is 0.0469. The van der Waals surface area contributed by atoms with Crippen LogP contribution in [0.3, 0.4) is 0 Å². The van der Waals surface area contributed by atoms with E-state index in [-0.39, 0.29) is 12.6 Å². The Balaban J connectivity index is 3.89. The minimum Gasteiger partial charge on any atom is -0.383 e. The van der Waals surface area contributed by atoms with Crippen molar-refractivity contribution in [1.29, 1.82) is 0 Å². The van der Waals surface area contributed by atoms with E-state index in [9.17, 15) is 8.78 Å². The number of methoxy groups -OCH3 is 1. The van der Waals surface area contributed by atoms with Crippen molar-refractivity contribution in [3.05, 3.63) is 0 Å². The molecule has 2 N–H and O–H groups in total. The second-order valence-corrected chi connectivity index (χ2v) is 3.37. The van der Waals surface area contributed by atoms with Gasteiger partial charge in [0.25, 0.3) is 6.43 Å². The first-order valence-electron chi connectivity index (χ1n) is 4.79. The van der Waals surface area contributed by atoms with Crippen LogP contribution in [0.2, 0.25) is 0 Å². The molecule has 0 aromatic heterocycles. The van der Waals surface area contributed by atoms with Gasteiger partial charge in [-0.3, -0.25) is 4.90 Å². The maximum absolute atomic E-state index is 12.1. The van der Waals surface area contributed by atoms with Crippen LogP contribution in [0.5, 0.6) is 0 Å². The highest BCUT2D eigenvalue weighted by Crippen LogP contribution is 2.07. The molecule has 0 saturated heterocycles. The quantitative estimate of drug-likeness (QED) is 0.648. The maximum Gasteiger partial charge on any atom is 0.251 e. The van der Waals surface area contributed by atoms with E-state index < -0.39 is 6.43 Å². The average Bonchev–Trinajstić information content (AvgIpc) is 2.10. The van der Waals surface area contributed by atoms with E-state index in [2.05, 4.69) is 0 Å². The van der Waals surface area contributed by atoms with Gasteiger partial charge in [-0.2, -0.15) is 0 Å². The maximum atomic E-state index is 12.1. The summed E-state index contributed by atoms with van der Waals surface area (Å²) in [5.41, 5.74) is 5.37.